The van der Waals surface area contributed by atoms with Crippen LogP contribution in [0.2, 0.25) is 0 Å². The van der Waals surface area contributed by atoms with Gasteiger partial charge in [-0.05, 0) is 42.5 Å². The standard InChI is InChI=1S/C19H16N4O3/c1-26-18(25)13-7-9-15(10-8-13)22-19-20-12-11-16(23-19)17(24)21-14-5-3-2-4-6-14/h2-12H,1H3,(H,21,24)(H,20,22,23). The number of rotatable bonds is 5. The molecule has 0 spiro atoms. The van der Waals surface area contributed by atoms with Crippen LogP contribution < -0.4 is 10.6 Å². The number of benzene rings is 2. The summed E-state index contributed by atoms with van der Waals surface area (Å²) >= 11 is 0. The van der Waals surface area contributed by atoms with E-state index in [1.54, 1.807) is 36.4 Å². The third kappa shape index (κ3) is 4.21. The van der Waals surface area contributed by atoms with Crippen LogP contribution in [0.15, 0.2) is 66.9 Å². The molecule has 26 heavy (non-hydrogen) atoms. The average molecular weight is 348 g/mol. The Kier molecular flexibility index (Phi) is 5.19. The molecule has 1 amide bonds. The lowest BCUT2D eigenvalue weighted by Gasteiger charge is -2.08. The molecule has 0 bridgehead atoms. The van der Waals surface area contributed by atoms with Crippen molar-refractivity contribution in [3.05, 3.63) is 78.1 Å². The third-order valence-corrected chi connectivity index (χ3v) is 3.48. The van der Waals surface area contributed by atoms with Crippen molar-refractivity contribution in [2.75, 3.05) is 17.7 Å². The number of anilines is 3. The fourth-order valence-electron chi connectivity index (χ4n) is 2.20. The molecule has 2 aromatic carbocycles. The molecular weight excluding hydrogens is 332 g/mol. The van der Waals surface area contributed by atoms with E-state index in [9.17, 15) is 9.59 Å². The Morgan fingerprint density at radius 1 is 0.923 bits per heavy atom. The van der Waals surface area contributed by atoms with Gasteiger partial charge in [0.05, 0.1) is 12.7 Å². The molecule has 0 radical (unpaired) electrons. The first-order chi connectivity index (χ1) is 12.7. The second-order valence-corrected chi connectivity index (χ2v) is 5.28. The zero-order chi connectivity index (χ0) is 18.4. The summed E-state index contributed by atoms with van der Waals surface area (Å²) in [5, 5.41) is 5.76. The number of esters is 1. The van der Waals surface area contributed by atoms with Crippen LogP contribution in [0.4, 0.5) is 17.3 Å². The van der Waals surface area contributed by atoms with E-state index < -0.39 is 5.97 Å². The maximum atomic E-state index is 12.3. The number of para-hydroxylation sites is 1. The van der Waals surface area contributed by atoms with Crippen LogP contribution in [0.25, 0.3) is 0 Å². The van der Waals surface area contributed by atoms with E-state index in [2.05, 4.69) is 25.3 Å². The highest BCUT2D eigenvalue weighted by Crippen LogP contribution is 2.15. The van der Waals surface area contributed by atoms with Crippen LogP contribution in [0, 0.1) is 0 Å². The molecule has 0 saturated heterocycles. The van der Waals surface area contributed by atoms with Crippen molar-refractivity contribution in [2.45, 2.75) is 0 Å². The number of nitrogens with one attached hydrogen (secondary N) is 2. The summed E-state index contributed by atoms with van der Waals surface area (Å²) in [4.78, 5) is 32.0. The minimum absolute atomic E-state index is 0.234. The third-order valence-electron chi connectivity index (χ3n) is 3.48. The van der Waals surface area contributed by atoms with Gasteiger partial charge in [0.2, 0.25) is 5.95 Å². The summed E-state index contributed by atoms with van der Waals surface area (Å²) in [5.74, 6) is -0.466. The molecule has 130 valence electrons. The molecule has 3 rings (SSSR count). The van der Waals surface area contributed by atoms with Gasteiger partial charge in [-0.25, -0.2) is 14.8 Å². The van der Waals surface area contributed by atoms with Gasteiger partial charge >= 0.3 is 5.97 Å². The van der Waals surface area contributed by atoms with Crippen LogP contribution in [0.3, 0.4) is 0 Å². The van der Waals surface area contributed by atoms with Gasteiger partial charge in [-0.15, -0.1) is 0 Å². The lowest BCUT2D eigenvalue weighted by molar-refractivity contribution is 0.0600. The maximum Gasteiger partial charge on any atom is 0.337 e. The lowest BCUT2D eigenvalue weighted by atomic mass is 10.2. The number of hydrogen-bond donors (Lipinski definition) is 2. The summed E-state index contributed by atoms with van der Waals surface area (Å²) in [7, 11) is 1.33. The second kappa shape index (κ2) is 7.89. The Balaban J connectivity index is 1.71. The highest BCUT2D eigenvalue weighted by Gasteiger charge is 2.10. The molecule has 0 unspecified atom stereocenters. The molecule has 0 atom stereocenters. The minimum atomic E-state index is -0.410. The molecule has 0 fully saturated rings. The van der Waals surface area contributed by atoms with Crippen molar-refractivity contribution in [3.8, 4) is 0 Å². The van der Waals surface area contributed by atoms with E-state index in [4.69, 9.17) is 0 Å². The van der Waals surface area contributed by atoms with E-state index in [1.807, 2.05) is 18.2 Å². The van der Waals surface area contributed by atoms with Crippen molar-refractivity contribution in [1.29, 1.82) is 0 Å². The number of aromatic nitrogens is 2. The largest absolute Gasteiger partial charge is 0.465 e. The van der Waals surface area contributed by atoms with Crippen molar-refractivity contribution in [1.82, 2.24) is 9.97 Å². The molecule has 7 heteroatoms. The van der Waals surface area contributed by atoms with Gasteiger partial charge < -0.3 is 15.4 Å². The molecule has 0 aliphatic heterocycles. The normalized spacial score (nSPS) is 10.0. The number of carbonyl (C=O) groups excluding carboxylic acids is 2. The predicted octanol–water partition coefficient (Wildman–Crippen LogP) is 3.26. The van der Waals surface area contributed by atoms with Gasteiger partial charge in [-0.2, -0.15) is 0 Å². The lowest BCUT2D eigenvalue weighted by Crippen LogP contribution is -2.14. The van der Waals surface area contributed by atoms with Crippen LogP contribution in [0.1, 0.15) is 20.8 Å². The van der Waals surface area contributed by atoms with Crippen molar-refractivity contribution >= 4 is 29.2 Å². The number of amides is 1. The first-order valence-electron chi connectivity index (χ1n) is 7.80. The number of methoxy groups -OCH3 is 1. The number of hydrogen-bond acceptors (Lipinski definition) is 6. The van der Waals surface area contributed by atoms with Crippen LogP contribution in [-0.2, 0) is 4.74 Å². The SMILES string of the molecule is COC(=O)c1ccc(Nc2nccc(C(=O)Nc3ccccc3)n2)cc1. The van der Waals surface area contributed by atoms with Gasteiger partial charge in [0.1, 0.15) is 5.69 Å². The molecule has 0 aliphatic rings. The van der Waals surface area contributed by atoms with E-state index >= 15 is 0 Å². The predicted molar refractivity (Wildman–Crippen MR) is 97.5 cm³/mol. The Labute approximate surface area is 150 Å². The molecular formula is C19H16N4O3. The van der Waals surface area contributed by atoms with E-state index in [0.29, 0.717) is 16.9 Å². The Morgan fingerprint density at radius 3 is 2.35 bits per heavy atom. The van der Waals surface area contributed by atoms with E-state index in [-0.39, 0.29) is 17.5 Å². The second-order valence-electron chi connectivity index (χ2n) is 5.28. The number of nitrogens with zero attached hydrogens (tertiary/aromatic N) is 2. The summed E-state index contributed by atoms with van der Waals surface area (Å²) in [6.07, 6.45) is 1.50. The molecule has 7 nitrogen and oxygen atoms in total. The zero-order valence-corrected chi connectivity index (χ0v) is 14.0. The quantitative estimate of drug-likeness (QED) is 0.688. The fourth-order valence-corrected chi connectivity index (χ4v) is 2.20. The highest BCUT2D eigenvalue weighted by atomic mass is 16.5. The van der Waals surface area contributed by atoms with E-state index in [0.717, 1.165) is 0 Å². The zero-order valence-electron chi connectivity index (χ0n) is 14.0. The van der Waals surface area contributed by atoms with Gasteiger partial charge in [0, 0.05) is 17.6 Å². The minimum Gasteiger partial charge on any atom is -0.465 e. The van der Waals surface area contributed by atoms with Gasteiger partial charge in [-0.3, -0.25) is 4.79 Å². The monoisotopic (exact) mass is 348 g/mol. The summed E-state index contributed by atoms with van der Waals surface area (Å²) in [5.41, 5.74) is 2.04. The van der Waals surface area contributed by atoms with Crippen LogP contribution in [0.5, 0.6) is 0 Å². The molecule has 0 saturated carbocycles. The summed E-state index contributed by atoms with van der Waals surface area (Å²) in [6.45, 7) is 0. The molecule has 3 aromatic rings. The fraction of sp³-hybridized carbons (Fsp3) is 0.0526. The Hall–Kier alpha value is -3.74. The smallest absolute Gasteiger partial charge is 0.337 e. The van der Waals surface area contributed by atoms with Crippen molar-refractivity contribution in [2.24, 2.45) is 0 Å². The Bertz CT molecular complexity index is 912. The van der Waals surface area contributed by atoms with Gasteiger partial charge in [-0.1, -0.05) is 18.2 Å². The molecule has 0 aliphatic carbocycles. The van der Waals surface area contributed by atoms with Gasteiger partial charge in [0.25, 0.3) is 5.91 Å². The van der Waals surface area contributed by atoms with Gasteiger partial charge in [0.15, 0.2) is 0 Å². The highest BCUT2D eigenvalue weighted by molar-refractivity contribution is 6.03. The first kappa shape index (κ1) is 17.1. The topological polar surface area (TPSA) is 93.2 Å². The van der Waals surface area contributed by atoms with Crippen molar-refractivity contribution < 1.29 is 14.3 Å². The van der Waals surface area contributed by atoms with Crippen LogP contribution >= 0.6 is 0 Å². The average Bonchev–Trinajstić information content (AvgIpc) is 2.69. The maximum absolute atomic E-state index is 12.3. The van der Waals surface area contributed by atoms with E-state index in [1.165, 1.54) is 19.4 Å². The first-order valence-corrected chi connectivity index (χ1v) is 7.80. The number of ether oxygens (including phenoxy) is 1. The summed E-state index contributed by atoms with van der Waals surface area (Å²) < 4.78 is 4.66. The molecule has 2 N–H and O–H groups in total. The molecule has 1 heterocycles. The Morgan fingerprint density at radius 2 is 1.65 bits per heavy atom. The van der Waals surface area contributed by atoms with Crippen LogP contribution in [-0.4, -0.2) is 29.0 Å². The molecule has 1 aromatic heterocycles. The summed E-state index contributed by atoms with van der Waals surface area (Å²) in [6, 6.07) is 17.3. The van der Waals surface area contributed by atoms with Crippen molar-refractivity contribution in [3.63, 3.8) is 0 Å². The number of carbonyl (C=O) groups is 2.